The number of ether oxygens (including phenoxy) is 1. The average Bonchev–Trinajstić information content (AvgIpc) is 2.63. The highest BCUT2D eigenvalue weighted by Crippen LogP contribution is 2.33. The number of benzene rings is 2. The van der Waals surface area contributed by atoms with Crippen LogP contribution in [0.4, 0.5) is 11.4 Å². The summed E-state index contributed by atoms with van der Waals surface area (Å²) >= 11 is 0. The molecule has 124 valence electrons. The van der Waals surface area contributed by atoms with Crippen molar-refractivity contribution in [2.45, 2.75) is 19.3 Å². The van der Waals surface area contributed by atoms with E-state index in [0.29, 0.717) is 35.7 Å². The van der Waals surface area contributed by atoms with Gasteiger partial charge in [0.2, 0.25) is 5.91 Å². The van der Waals surface area contributed by atoms with E-state index in [0.717, 1.165) is 12.8 Å². The highest BCUT2D eigenvalue weighted by molar-refractivity contribution is 6.05. The van der Waals surface area contributed by atoms with E-state index in [2.05, 4.69) is 5.32 Å². The molecule has 2 aromatic carbocycles. The third kappa shape index (κ3) is 3.40. The fourth-order valence-corrected chi connectivity index (χ4v) is 2.83. The number of anilines is 2. The Bertz CT molecular complexity index is 744. The molecule has 0 aromatic heterocycles. The molecular weight excluding hydrogens is 304 g/mol. The number of amides is 2. The Kier molecular flexibility index (Phi) is 4.79. The molecule has 0 aliphatic carbocycles. The molecule has 0 bridgehead atoms. The van der Waals surface area contributed by atoms with Gasteiger partial charge in [0.15, 0.2) is 0 Å². The molecule has 0 radical (unpaired) electrons. The minimum Gasteiger partial charge on any atom is -0.495 e. The fraction of sp³-hybridized carbons (Fsp3) is 0.263. The number of nitrogens with one attached hydrogen (secondary N) is 1. The lowest BCUT2D eigenvalue weighted by Gasteiger charge is -2.28. The molecule has 0 spiro atoms. The molecule has 3 rings (SSSR count). The summed E-state index contributed by atoms with van der Waals surface area (Å²) < 4.78 is 5.38. The SMILES string of the molecule is COc1ccc(NC(=O)c2ccccc2)cc1N1CCCCC1=O. The Morgan fingerprint density at radius 3 is 2.62 bits per heavy atom. The zero-order valence-corrected chi connectivity index (χ0v) is 13.6. The van der Waals surface area contributed by atoms with Crippen molar-refractivity contribution in [3.63, 3.8) is 0 Å². The van der Waals surface area contributed by atoms with Gasteiger partial charge in [-0.15, -0.1) is 0 Å². The summed E-state index contributed by atoms with van der Waals surface area (Å²) in [4.78, 5) is 26.2. The summed E-state index contributed by atoms with van der Waals surface area (Å²) in [5.74, 6) is 0.533. The maximum Gasteiger partial charge on any atom is 0.255 e. The number of rotatable bonds is 4. The van der Waals surface area contributed by atoms with Gasteiger partial charge in [-0.3, -0.25) is 9.59 Å². The molecular formula is C19H20N2O3. The monoisotopic (exact) mass is 324 g/mol. The van der Waals surface area contributed by atoms with Crippen LogP contribution in [0.3, 0.4) is 0 Å². The number of hydrogen-bond donors (Lipinski definition) is 1. The van der Waals surface area contributed by atoms with E-state index in [4.69, 9.17) is 4.74 Å². The highest BCUT2D eigenvalue weighted by atomic mass is 16.5. The van der Waals surface area contributed by atoms with Crippen molar-refractivity contribution in [3.05, 3.63) is 54.1 Å². The maximum absolute atomic E-state index is 12.3. The van der Waals surface area contributed by atoms with E-state index in [9.17, 15) is 9.59 Å². The number of piperidine rings is 1. The Morgan fingerprint density at radius 1 is 1.12 bits per heavy atom. The predicted octanol–water partition coefficient (Wildman–Crippen LogP) is 3.46. The lowest BCUT2D eigenvalue weighted by atomic mass is 10.1. The standard InChI is InChI=1S/C19H20N2O3/c1-24-17-11-10-15(20-19(23)14-7-3-2-4-8-14)13-16(17)21-12-6-5-9-18(21)22/h2-4,7-8,10-11,13H,5-6,9,12H2,1H3,(H,20,23). The molecule has 1 saturated heterocycles. The summed E-state index contributed by atoms with van der Waals surface area (Å²) in [5.41, 5.74) is 1.93. The largest absolute Gasteiger partial charge is 0.495 e. The van der Waals surface area contributed by atoms with Gasteiger partial charge in [0, 0.05) is 24.2 Å². The molecule has 2 amide bonds. The lowest BCUT2D eigenvalue weighted by molar-refractivity contribution is -0.119. The first kappa shape index (κ1) is 16.1. The van der Waals surface area contributed by atoms with Crippen molar-refractivity contribution < 1.29 is 14.3 Å². The number of hydrogen-bond acceptors (Lipinski definition) is 3. The summed E-state index contributed by atoms with van der Waals surface area (Å²) in [7, 11) is 1.58. The van der Waals surface area contributed by atoms with Crippen molar-refractivity contribution in [1.82, 2.24) is 0 Å². The van der Waals surface area contributed by atoms with Gasteiger partial charge in [-0.05, 0) is 43.2 Å². The number of carbonyl (C=O) groups excluding carboxylic acids is 2. The Labute approximate surface area is 141 Å². The van der Waals surface area contributed by atoms with Crippen LogP contribution in [0.25, 0.3) is 0 Å². The molecule has 0 saturated carbocycles. The molecule has 0 unspecified atom stereocenters. The van der Waals surface area contributed by atoms with Crippen LogP contribution in [-0.4, -0.2) is 25.5 Å². The van der Waals surface area contributed by atoms with E-state index >= 15 is 0 Å². The molecule has 2 aromatic rings. The number of carbonyl (C=O) groups is 2. The second kappa shape index (κ2) is 7.17. The van der Waals surface area contributed by atoms with E-state index in [-0.39, 0.29) is 11.8 Å². The normalized spacial score (nSPS) is 14.4. The van der Waals surface area contributed by atoms with Crippen LogP contribution in [0.2, 0.25) is 0 Å². The molecule has 24 heavy (non-hydrogen) atoms. The van der Waals surface area contributed by atoms with Crippen molar-refractivity contribution in [3.8, 4) is 5.75 Å². The van der Waals surface area contributed by atoms with Crippen molar-refractivity contribution in [2.75, 3.05) is 23.9 Å². The third-order valence-corrected chi connectivity index (χ3v) is 4.09. The Balaban J connectivity index is 1.86. The summed E-state index contributed by atoms with van der Waals surface area (Å²) in [6.07, 6.45) is 2.43. The first-order chi connectivity index (χ1) is 11.7. The lowest BCUT2D eigenvalue weighted by Crippen LogP contribution is -2.35. The molecule has 1 aliphatic rings. The minimum atomic E-state index is -0.184. The number of nitrogens with zero attached hydrogens (tertiary/aromatic N) is 1. The first-order valence-electron chi connectivity index (χ1n) is 8.04. The van der Waals surface area contributed by atoms with Crippen LogP contribution in [0, 0.1) is 0 Å². The Hall–Kier alpha value is -2.82. The highest BCUT2D eigenvalue weighted by Gasteiger charge is 2.23. The Morgan fingerprint density at radius 2 is 1.92 bits per heavy atom. The minimum absolute atomic E-state index is 0.0890. The fourth-order valence-electron chi connectivity index (χ4n) is 2.83. The molecule has 1 N–H and O–H groups in total. The van der Waals surface area contributed by atoms with Crippen LogP contribution in [0.5, 0.6) is 5.75 Å². The van der Waals surface area contributed by atoms with Gasteiger partial charge < -0.3 is 15.0 Å². The van der Waals surface area contributed by atoms with Gasteiger partial charge in [0.25, 0.3) is 5.91 Å². The van der Waals surface area contributed by atoms with Gasteiger partial charge in [0.1, 0.15) is 5.75 Å². The molecule has 1 fully saturated rings. The smallest absolute Gasteiger partial charge is 0.255 e. The summed E-state index contributed by atoms with van der Waals surface area (Å²) in [6.45, 7) is 0.672. The quantitative estimate of drug-likeness (QED) is 0.937. The van der Waals surface area contributed by atoms with E-state index in [1.54, 1.807) is 42.3 Å². The average molecular weight is 324 g/mol. The molecule has 5 heteroatoms. The van der Waals surface area contributed by atoms with Gasteiger partial charge in [-0.25, -0.2) is 0 Å². The summed E-state index contributed by atoms with van der Waals surface area (Å²) in [6, 6.07) is 14.4. The van der Waals surface area contributed by atoms with Crippen LogP contribution < -0.4 is 15.0 Å². The third-order valence-electron chi connectivity index (χ3n) is 4.09. The molecule has 0 atom stereocenters. The zero-order valence-electron chi connectivity index (χ0n) is 13.6. The van der Waals surface area contributed by atoms with Gasteiger partial charge in [-0.1, -0.05) is 18.2 Å². The topological polar surface area (TPSA) is 58.6 Å². The molecule has 1 heterocycles. The van der Waals surface area contributed by atoms with E-state index < -0.39 is 0 Å². The van der Waals surface area contributed by atoms with Crippen LogP contribution in [0.15, 0.2) is 48.5 Å². The van der Waals surface area contributed by atoms with Crippen molar-refractivity contribution in [2.24, 2.45) is 0 Å². The maximum atomic E-state index is 12.3. The van der Waals surface area contributed by atoms with Gasteiger partial charge in [-0.2, -0.15) is 0 Å². The number of methoxy groups -OCH3 is 1. The second-order valence-electron chi connectivity index (χ2n) is 5.71. The molecule has 1 aliphatic heterocycles. The zero-order chi connectivity index (χ0) is 16.9. The van der Waals surface area contributed by atoms with Gasteiger partial charge >= 0.3 is 0 Å². The van der Waals surface area contributed by atoms with E-state index in [1.165, 1.54) is 0 Å². The van der Waals surface area contributed by atoms with Crippen LogP contribution >= 0.6 is 0 Å². The predicted molar refractivity (Wildman–Crippen MR) is 93.6 cm³/mol. The van der Waals surface area contributed by atoms with Crippen LogP contribution in [0.1, 0.15) is 29.6 Å². The molecule has 5 nitrogen and oxygen atoms in total. The van der Waals surface area contributed by atoms with Crippen molar-refractivity contribution >= 4 is 23.2 Å². The first-order valence-corrected chi connectivity index (χ1v) is 8.04. The second-order valence-corrected chi connectivity index (χ2v) is 5.71. The van der Waals surface area contributed by atoms with E-state index in [1.807, 2.05) is 18.2 Å². The summed E-state index contributed by atoms with van der Waals surface area (Å²) in [5, 5.41) is 2.87. The van der Waals surface area contributed by atoms with Gasteiger partial charge in [0.05, 0.1) is 12.8 Å². The van der Waals surface area contributed by atoms with Crippen LogP contribution in [-0.2, 0) is 4.79 Å². The van der Waals surface area contributed by atoms with Crippen molar-refractivity contribution in [1.29, 1.82) is 0 Å².